The lowest BCUT2D eigenvalue weighted by Crippen LogP contribution is -2.26. The number of benzene rings is 1. The molecule has 0 bridgehead atoms. The number of aryl methyl sites for hydroxylation is 2. The van der Waals surface area contributed by atoms with Crippen molar-refractivity contribution in [1.82, 2.24) is 19.3 Å². The molecule has 1 aliphatic heterocycles. The number of nitrogens with zero attached hydrogens (tertiary/aromatic N) is 4. The molecular weight excluding hydrogens is 446 g/mol. The third-order valence-electron chi connectivity index (χ3n) is 5.16. The highest BCUT2D eigenvalue weighted by molar-refractivity contribution is 7.99. The number of furan rings is 1. The van der Waals surface area contributed by atoms with Gasteiger partial charge in [-0.25, -0.2) is 4.98 Å². The molecular formula is C22H21N5O5S. The van der Waals surface area contributed by atoms with E-state index < -0.39 is 0 Å². The first-order valence-electron chi connectivity index (χ1n) is 10.4. The van der Waals surface area contributed by atoms with Crippen molar-refractivity contribution in [3.05, 3.63) is 58.4 Å². The molecule has 0 fully saturated rings. The Hall–Kier alpha value is -3.73. The van der Waals surface area contributed by atoms with E-state index in [1.165, 1.54) is 16.3 Å². The summed E-state index contributed by atoms with van der Waals surface area (Å²) in [4.78, 5) is 30.7. The molecule has 11 heteroatoms. The van der Waals surface area contributed by atoms with Crippen molar-refractivity contribution >= 4 is 34.4 Å². The summed E-state index contributed by atoms with van der Waals surface area (Å²) in [7, 11) is 0. The molecule has 1 aromatic carbocycles. The highest BCUT2D eigenvalue weighted by Crippen LogP contribution is 2.34. The van der Waals surface area contributed by atoms with Gasteiger partial charge < -0.3 is 19.2 Å². The predicted octanol–water partition coefficient (Wildman–Crippen LogP) is 3.02. The van der Waals surface area contributed by atoms with Crippen LogP contribution in [0.5, 0.6) is 11.5 Å². The Labute approximate surface area is 192 Å². The van der Waals surface area contributed by atoms with Crippen LogP contribution in [0.2, 0.25) is 0 Å². The number of carbonyl (C=O) groups is 1. The second-order valence-corrected chi connectivity index (χ2v) is 8.31. The fraction of sp³-hybridized carbons (Fsp3) is 0.273. The third kappa shape index (κ3) is 4.07. The smallest absolute Gasteiger partial charge is 0.280 e. The van der Waals surface area contributed by atoms with Crippen LogP contribution < -0.4 is 20.3 Å². The summed E-state index contributed by atoms with van der Waals surface area (Å²) in [6.07, 6.45) is 1.55. The van der Waals surface area contributed by atoms with E-state index in [0.29, 0.717) is 51.4 Å². The normalized spacial score (nSPS) is 12.4. The number of ether oxygens (including phenoxy) is 2. The fourth-order valence-corrected chi connectivity index (χ4v) is 4.42. The van der Waals surface area contributed by atoms with Crippen molar-refractivity contribution in [2.75, 3.05) is 17.9 Å². The van der Waals surface area contributed by atoms with Gasteiger partial charge in [0.15, 0.2) is 22.2 Å². The Morgan fingerprint density at radius 1 is 1.24 bits per heavy atom. The minimum atomic E-state index is -0.237. The van der Waals surface area contributed by atoms with E-state index in [1.807, 2.05) is 13.8 Å². The summed E-state index contributed by atoms with van der Waals surface area (Å²) in [6, 6.07) is 8.76. The molecule has 33 heavy (non-hydrogen) atoms. The molecule has 5 rings (SSSR count). The molecule has 3 aromatic heterocycles. The number of rotatable bonds is 7. The van der Waals surface area contributed by atoms with Crippen LogP contribution in [0.4, 0.5) is 5.69 Å². The van der Waals surface area contributed by atoms with Gasteiger partial charge in [-0.05, 0) is 38.1 Å². The van der Waals surface area contributed by atoms with Crippen LogP contribution in [0.25, 0.3) is 11.0 Å². The van der Waals surface area contributed by atoms with Crippen LogP contribution in [-0.2, 0) is 17.9 Å². The number of nitrogens with one attached hydrogen (secondary N) is 1. The molecule has 0 unspecified atom stereocenters. The molecule has 0 radical (unpaired) electrons. The maximum Gasteiger partial charge on any atom is 0.280 e. The van der Waals surface area contributed by atoms with Gasteiger partial charge in [0, 0.05) is 18.3 Å². The van der Waals surface area contributed by atoms with Crippen molar-refractivity contribution in [3.63, 3.8) is 0 Å². The molecule has 0 saturated carbocycles. The fourth-order valence-electron chi connectivity index (χ4n) is 3.63. The lowest BCUT2D eigenvalue weighted by atomic mass is 10.3. The second kappa shape index (κ2) is 8.66. The molecule has 10 nitrogen and oxygen atoms in total. The van der Waals surface area contributed by atoms with E-state index in [1.54, 1.807) is 41.3 Å². The van der Waals surface area contributed by atoms with E-state index in [0.717, 1.165) is 0 Å². The van der Waals surface area contributed by atoms with Crippen LogP contribution in [0, 0.1) is 6.92 Å². The number of anilines is 1. The first kappa shape index (κ1) is 21.1. The minimum absolute atomic E-state index is 0.0610. The zero-order chi connectivity index (χ0) is 22.9. The van der Waals surface area contributed by atoms with Gasteiger partial charge in [0.25, 0.3) is 5.56 Å². The molecule has 0 atom stereocenters. The van der Waals surface area contributed by atoms with Gasteiger partial charge in [-0.2, -0.15) is 5.10 Å². The van der Waals surface area contributed by atoms with Gasteiger partial charge in [-0.3, -0.25) is 18.8 Å². The second-order valence-electron chi connectivity index (χ2n) is 7.37. The molecule has 4 heterocycles. The molecule has 0 spiro atoms. The van der Waals surface area contributed by atoms with Crippen LogP contribution in [-0.4, -0.2) is 37.8 Å². The maximum absolute atomic E-state index is 13.4. The lowest BCUT2D eigenvalue weighted by Gasteiger charge is -2.12. The van der Waals surface area contributed by atoms with E-state index in [-0.39, 0.29) is 30.6 Å². The highest BCUT2D eigenvalue weighted by Gasteiger charge is 2.20. The number of amides is 1. The Morgan fingerprint density at radius 3 is 2.88 bits per heavy atom. The Bertz CT molecular complexity index is 1390. The Balaban J connectivity index is 1.42. The van der Waals surface area contributed by atoms with Crippen molar-refractivity contribution in [3.8, 4) is 11.5 Å². The van der Waals surface area contributed by atoms with E-state index >= 15 is 0 Å². The van der Waals surface area contributed by atoms with Gasteiger partial charge in [0.2, 0.25) is 12.7 Å². The Kier molecular flexibility index (Phi) is 5.55. The van der Waals surface area contributed by atoms with E-state index in [2.05, 4.69) is 10.4 Å². The van der Waals surface area contributed by atoms with Gasteiger partial charge >= 0.3 is 0 Å². The monoisotopic (exact) mass is 467 g/mol. The Morgan fingerprint density at radius 2 is 2.09 bits per heavy atom. The first-order valence-corrected chi connectivity index (χ1v) is 11.3. The summed E-state index contributed by atoms with van der Waals surface area (Å²) < 4.78 is 19.3. The van der Waals surface area contributed by atoms with Crippen LogP contribution in [0.15, 0.2) is 51.0 Å². The number of thioether (sulfide) groups is 1. The van der Waals surface area contributed by atoms with Gasteiger partial charge in [0.1, 0.15) is 11.3 Å². The van der Waals surface area contributed by atoms with Gasteiger partial charge in [-0.1, -0.05) is 11.8 Å². The lowest BCUT2D eigenvalue weighted by molar-refractivity contribution is -0.113. The van der Waals surface area contributed by atoms with Gasteiger partial charge in [-0.15, -0.1) is 0 Å². The van der Waals surface area contributed by atoms with Crippen LogP contribution in [0.1, 0.15) is 18.4 Å². The summed E-state index contributed by atoms with van der Waals surface area (Å²) in [6.45, 7) is 4.66. The average molecular weight is 468 g/mol. The summed E-state index contributed by atoms with van der Waals surface area (Å²) in [5.74, 6) is 1.67. The number of hydrogen-bond donors (Lipinski definition) is 1. The van der Waals surface area contributed by atoms with E-state index in [9.17, 15) is 9.59 Å². The van der Waals surface area contributed by atoms with Crippen LogP contribution in [0.3, 0.4) is 0 Å². The van der Waals surface area contributed by atoms with E-state index in [4.69, 9.17) is 18.9 Å². The maximum atomic E-state index is 13.4. The average Bonchev–Trinajstić information content (AvgIpc) is 3.55. The zero-order valence-electron chi connectivity index (χ0n) is 18.0. The topological polar surface area (TPSA) is 113 Å². The number of fused-ring (bicyclic) bond motifs is 2. The molecule has 1 N–H and O–H groups in total. The summed E-state index contributed by atoms with van der Waals surface area (Å²) >= 11 is 1.18. The summed E-state index contributed by atoms with van der Waals surface area (Å²) in [5.41, 5.74) is 2.02. The van der Waals surface area contributed by atoms with Crippen molar-refractivity contribution in [1.29, 1.82) is 0 Å². The largest absolute Gasteiger partial charge is 0.467 e. The predicted molar refractivity (Wildman–Crippen MR) is 122 cm³/mol. The molecule has 170 valence electrons. The quantitative estimate of drug-likeness (QED) is 0.326. The summed E-state index contributed by atoms with van der Waals surface area (Å²) in [5, 5.41) is 7.69. The standard InChI is InChI=1S/C22H21N5O5S/c1-3-27-20-19(13(2)25-27)24-22(26(21(20)29)10-15-5-4-8-30-15)33-11-18(28)23-14-6-7-16-17(9-14)32-12-31-16/h4-9H,3,10-12H2,1-2H3,(H,23,28). The zero-order valence-corrected chi connectivity index (χ0v) is 18.8. The minimum Gasteiger partial charge on any atom is -0.467 e. The van der Waals surface area contributed by atoms with Crippen molar-refractivity contribution < 1.29 is 18.7 Å². The number of carbonyl (C=O) groups excluding carboxylic acids is 1. The first-order chi connectivity index (χ1) is 16.0. The van der Waals surface area contributed by atoms with Crippen LogP contribution >= 0.6 is 11.8 Å². The number of aromatic nitrogens is 4. The molecule has 4 aromatic rings. The van der Waals surface area contributed by atoms with Crippen molar-refractivity contribution in [2.45, 2.75) is 32.1 Å². The number of hydrogen-bond acceptors (Lipinski definition) is 8. The molecule has 1 aliphatic rings. The highest BCUT2D eigenvalue weighted by atomic mass is 32.2. The van der Waals surface area contributed by atoms with Crippen molar-refractivity contribution in [2.24, 2.45) is 0 Å². The SMILES string of the molecule is CCn1nc(C)c2nc(SCC(=O)Nc3ccc4c(c3)OCO4)n(Cc3ccco3)c(=O)c21. The third-order valence-corrected chi connectivity index (χ3v) is 6.14. The molecule has 1 amide bonds. The molecule has 0 aliphatic carbocycles. The van der Waals surface area contributed by atoms with Gasteiger partial charge in [0.05, 0.1) is 24.3 Å². The molecule has 0 saturated heterocycles.